The van der Waals surface area contributed by atoms with Crippen molar-refractivity contribution in [3.05, 3.63) is 95.6 Å². The number of rotatable bonds is 6. The van der Waals surface area contributed by atoms with Gasteiger partial charge in [0.15, 0.2) is 0 Å². The van der Waals surface area contributed by atoms with E-state index >= 15 is 0 Å². The van der Waals surface area contributed by atoms with E-state index < -0.39 is 5.97 Å². The zero-order chi connectivity index (χ0) is 21.5. The third-order valence-corrected chi connectivity index (χ3v) is 4.45. The average Bonchev–Trinajstić information content (AvgIpc) is 2.74. The molecule has 0 aromatic heterocycles. The molecule has 0 heterocycles. The number of nitrogens with one attached hydrogen (secondary N) is 2. The van der Waals surface area contributed by atoms with Crippen molar-refractivity contribution in [3.63, 3.8) is 0 Å². The summed E-state index contributed by atoms with van der Waals surface area (Å²) in [4.78, 5) is 36.4. The van der Waals surface area contributed by atoms with Crippen LogP contribution in [0.5, 0.6) is 5.75 Å². The molecule has 152 valence electrons. The number of carbonyl (C=O) groups excluding carboxylic acids is 3. The summed E-state index contributed by atoms with van der Waals surface area (Å²) >= 11 is 0. The Morgan fingerprint density at radius 3 is 2.10 bits per heavy atom. The van der Waals surface area contributed by atoms with E-state index in [0.29, 0.717) is 22.6 Å². The zero-order valence-corrected chi connectivity index (χ0v) is 16.7. The molecule has 6 heteroatoms. The highest BCUT2D eigenvalue weighted by molar-refractivity contribution is 6.09. The molecule has 0 radical (unpaired) electrons. The minimum atomic E-state index is -0.433. The van der Waals surface area contributed by atoms with Crippen molar-refractivity contribution in [1.29, 1.82) is 0 Å². The molecule has 0 aliphatic heterocycles. The molecule has 0 saturated carbocycles. The number of amides is 2. The Balaban J connectivity index is 1.72. The van der Waals surface area contributed by atoms with Gasteiger partial charge in [-0.15, -0.1) is 0 Å². The van der Waals surface area contributed by atoms with Gasteiger partial charge < -0.3 is 15.4 Å². The second-order valence-corrected chi connectivity index (χ2v) is 6.72. The Bertz CT molecular complexity index is 1050. The molecule has 3 aromatic rings. The summed E-state index contributed by atoms with van der Waals surface area (Å²) in [5.74, 6) is -0.737. The topological polar surface area (TPSA) is 84.5 Å². The van der Waals surface area contributed by atoms with Crippen molar-refractivity contribution in [3.8, 4) is 5.75 Å². The largest absolute Gasteiger partial charge is 0.427 e. The molecule has 3 aromatic carbocycles. The lowest BCUT2D eigenvalue weighted by Crippen LogP contribution is -2.28. The fraction of sp³-hybridized carbons (Fsp3) is 0.125. The molecule has 2 N–H and O–H groups in total. The van der Waals surface area contributed by atoms with Crippen molar-refractivity contribution in [1.82, 2.24) is 5.32 Å². The summed E-state index contributed by atoms with van der Waals surface area (Å²) in [7, 11) is 0. The van der Waals surface area contributed by atoms with Crippen LogP contribution in [0.4, 0.5) is 5.69 Å². The van der Waals surface area contributed by atoms with Gasteiger partial charge >= 0.3 is 5.97 Å². The molecule has 1 unspecified atom stereocenters. The summed E-state index contributed by atoms with van der Waals surface area (Å²) in [6.45, 7) is 3.21. The van der Waals surface area contributed by atoms with Gasteiger partial charge in [0.05, 0.1) is 17.3 Å². The van der Waals surface area contributed by atoms with E-state index in [1.807, 2.05) is 37.3 Å². The molecule has 3 rings (SSSR count). The highest BCUT2D eigenvalue weighted by Gasteiger charge is 2.16. The molecular formula is C24H22N2O4. The van der Waals surface area contributed by atoms with Crippen LogP contribution in [0.1, 0.15) is 46.2 Å². The molecule has 0 aliphatic carbocycles. The molecule has 0 fully saturated rings. The highest BCUT2D eigenvalue weighted by Crippen LogP contribution is 2.20. The first-order valence-corrected chi connectivity index (χ1v) is 9.48. The summed E-state index contributed by atoms with van der Waals surface area (Å²) in [6.07, 6.45) is 0. The fourth-order valence-corrected chi connectivity index (χ4v) is 2.92. The van der Waals surface area contributed by atoms with E-state index in [1.165, 1.54) is 19.1 Å². The van der Waals surface area contributed by atoms with Crippen molar-refractivity contribution in [2.75, 3.05) is 5.32 Å². The molecule has 1 atom stereocenters. The SMILES string of the molecule is CC(=O)Oc1ccc(C(=O)Nc2ccccc2C(=O)NC(C)c2ccccc2)cc1. The van der Waals surface area contributed by atoms with Gasteiger partial charge in [0.2, 0.25) is 0 Å². The molecule has 2 amide bonds. The molecule has 0 aliphatic rings. The molecule has 0 saturated heterocycles. The van der Waals surface area contributed by atoms with Gasteiger partial charge in [0.25, 0.3) is 11.8 Å². The zero-order valence-electron chi connectivity index (χ0n) is 16.7. The second-order valence-electron chi connectivity index (χ2n) is 6.72. The van der Waals surface area contributed by atoms with Gasteiger partial charge in [-0.25, -0.2) is 0 Å². The van der Waals surface area contributed by atoms with E-state index in [-0.39, 0.29) is 17.9 Å². The second kappa shape index (κ2) is 9.52. The number of hydrogen-bond donors (Lipinski definition) is 2. The Morgan fingerprint density at radius 2 is 1.43 bits per heavy atom. The molecule has 0 spiro atoms. The normalized spacial score (nSPS) is 11.3. The van der Waals surface area contributed by atoms with Gasteiger partial charge in [-0.2, -0.15) is 0 Å². The lowest BCUT2D eigenvalue weighted by atomic mass is 10.1. The molecular weight excluding hydrogens is 380 g/mol. The van der Waals surface area contributed by atoms with Crippen LogP contribution in [0.3, 0.4) is 0 Å². The van der Waals surface area contributed by atoms with Crippen molar-refractivity contribution >= 4 is 23.5 Å². The Labute approximate surface area is 174 Å². The Morgan fingerprint density at radius 1 is 0.800 bits per heavy atom. The van der Waals surface area contributed by atoms with Crippen LogP contribution in [0.25, 0.3) is 0 Å². The standard InChI is InChI=1S/C24H22N2O4/c1-16(18-8-4-3-5-9-18)25-24(29)21-10-6-7-11-22(21)26-23(28)19-12-14-20(15-13-19)30-17(2)27/h3-16H,1-2H3,(H,25,29)(H,26,28). The third-order valence-electron chi connectivity index (χ3n) is 4.45. The third kappa shape index (κ3) is 5.32. The lowest BCUT2D eigenvalue weighted by molar-refractivity contribution is -0.131. The van der Waals surface area contributed by atoms with Crippen LogP contribution in [0.2, 0.25) is 0 Å². The fourth-order valence-electron chi connectivity index (χ4n) is 2.92. The summed E-state index contributed by atoms with van der Waals surface area (Å²) < 4.78 is 4.97. The van der Waals surface area contributed by atoms with Crippen molar-refractivity contribution in [2.24, 2.45) is 0 Å². The number of para-hydroxylation sites is 1. The predicted molar refractivity (Wildman–Crippen MR) is 114 cm³/mol. The summed E-state index contributed by atoms with van der Waals surface area (Å²) in [5, 5.41) is 5.73. The van der Waals surface area contributed by atoms with Gasteiger partial charge in [-0.1, -0.05) is 42.5 Å². The molecule has 30 heavy (non-hydrogen) atoms. The lowest BCUT2D eigenvalue weighted by Gasteiger charge is -2.16. The van der Waals surface area contributed by atoms with Crippen molar-refractivity contribution < 1.29 is 19.1 Å². The first-order chi connectivity index (χ1) is 14.4. The minimum Gasteiger partial charge on any atom is -0.427 e. The molecule has 0 bridgehead atoms. The first kappa shape index (κ1) is 20.8. The summed E-state index contributed by atoms with van der Waals surface area (Å²) in [5.41, 5.74) is 2.13. The number of esters is 1. The number of carbonyl (C=O) groups is 3. The van der Waals surface area contributed by atoms with Crippen LogP contribution in [-0.2, 0) is 4.79 Å². The average molecular weight is 402 g/mol. The monoisotopic (exact) mass is 402 g/mol. The molecule has 6 nitrogen and oxygen atoms in total. The van der Waals surface area contributed by atoms with Gasteiger partial charge in [0, 0.05) is 12.5 Å². The van der Waals surface area contributed by atoms with Gasteiger partial charge in [-0.05, 0) is 48.9 Å². The van der Waals surface area contributed by atoms with E-state index in [2.05, 4.69) is 10.6 Å². The smallest absolute Gasteiger partial charge is 0.308 e. The maximum Gasteiger partial charge on any atom is 0.308 e. The van der Waals surface area contributed by atoms with Crippen molar-refractivity contribution in [2.45, 2.75) is 19.9 Å². The first-order valence-electron chi connectivity index (χ1n) is 9.48. The van der Waals surface area contributed by atoms with E-state index in [0.717, 1.165) is 5.56 Å². The van der Waals surface area contributed by atoms with E-state index in [9.17, 15) is 14.4 Å². The van der Waals surface area contributed by atoms with E-state index in [1.54, 1.807) is 36.4 Å². The van der Waals surface area contributed by atoms with Gasteiger partial charge in [0.1, 0.15) is 5.75 Å². The summed E-state index contributed by atoms with van der Waals surface area (Å²) in [6, 6.07) is 22.4. The Hall–Kier alpha value is -3.93. The highest BCUT2D eigenvalue weighted by atomic mass is 16.5. The van der Waals surface area contributed by atoms with Crippen LogP contribution in [0, 0.1) is 0 Å². The van der Waals surface area contributed by atoms with Crippen LogP contribution < -0.4 is 15.4 Å². The quantitative estimate of drug-likeness (QED) is 0.474. The predicted octanol–water partition coefficient (Wildman–Crippen LogP) is 4.36. The van der Waals surface area contributed by atoms with Gasteiger partial charge in [-0.3, -0.25) is 14.4 Å². The van der Waals surface area contributed by atoms with E-state index in [4.69, 9.17) is 4.74 Å². The van der Waals surface area contributed by atoms with Crippen LogP contribution in [-0.4, -0.2) is 17.8 Å². The maximum atomic E-state index is 12.8. The van der Waals surface area contributed by atoms with Crippen LogP contribution in [0.15, 0.2) is 78.9 Å². The Kier molecular flexibility index (Phi) is 6.60. The van der Waals surface area contributed by atoms with Crippen LogP contribution >= 0.6 is 0 Å². The minimum absolute atomic E-state index is 0.184. The number of benzene rings is 3. The number of anilines is 1. The maximum absolute atomic E-state index is 12.8. The number of hydrogen-bond acceptors (Lipinski definition) is 4. The number of ether oxygens (including phenoxy) is 1.